The zero-order valence-corrected chi connectivity index (χ0v) is 15.7. The zero-order valence-electron chi connectivity index (χ0n) is 14.9. The number of aryl methyl sites for hydroxylation is 1. The molecule has 2 aromatic rings. The number of thiocarbonyl (C=S) groups is 1. The third-order valence-corrected chi connectivity index (χ3v) is 4.17. The van der Waals surface area contributed by atoms with Gasteiger partial charge in [0.1, 0.15) is 5.75 Å². The Balaban J connectivity index is 2.04. The van der Waals surface area contributed by atoms with Gasteiger partial charge in [0.2, 0.25) is 0 Å². The van der Waals surface area contributed by atoms with Crippen molar-refractivity contribution in [2.75, 3.05) is 11.9 Å². The number of carbonyl (C=O) groups excluding carboxylic acids is 1. The van der Waals surface area contributed by atoms with Gasteiger partial charge < -0.3 is 10.1 Å². The highest BCUT2D eigenvalue weighted by Gasteiger charge is 2.14. The Hall–Kier alpha value is -2.40. The molecule has 0 aliphatic heterocycles. The summed E-state index contributed by atoms with van der Waals surface area (Å²) in [4.78, 5) is 12.5. The lowest BCUT2D eigenvalue weighted by Gasteiger charge is -2.14. The molecule has 2 rings (SSSR count). The Morgan fingerprint density at radius 3 is 2.64 bits per heavy atom. The van der Waals surface area contributed by atoms with E-state index in [9.17, 15) is 4.79 Å². The van der Waals surface area contributed by atoms with E-state index >= 15 is 0 Å². The standard InChI is InChI=1S/C20H24N2O2S/c1-4-5-13-24-18-12-7-6-10-16(18)19(23)22-20(25)21-17-11-8-9-14(2)15(17)3/h6-12H,4-5,13H2,1-3H3,(H2,21,22,23,25). The zero-order chi connectivity index (χ0) is 18.2. The van der Waals surface area contributed by atoms with Crippen molar-refractivity contribution in [2.45, 2.75) is 33.6 Å². The van der Waals surface area contributed by atoms with E-state index in [2.05, 4.69) is 17.6 Å². The summed E-state index contributed by atoms with van der Waals surface area (Å²) >= 11 is 5.28. The van der Waals surface area contributed by atoms with Gasteiger partial charge in [0.25, 0.3) is 5.91 Å². The molecule has 132 valence electrons. The second-order valence-electron chi connectivity index (χ2n) is 5.85. The van der Waals surface area contributed by atoms with Crippen molar-refractivity contribution in [1.82, 2.24) is 5.32 Å². The van der Waals surface area contributed by atoms with E-state index < -0.39 is 0 Å². The van der Waals surface area contributed by atoms with Crippen LogP contribution in [-0.4, -0.2) is 17.6 Å². The van der Waals surface area contributed by atoms with Crippen molar-refractivity contribution in [3.63, 3.8) is 0 Å². The van der Waals surface area contributed by atoms with Gasteiger partial charge in [0.15, 0.2) is 5.11 Å². The van der Waals surface area contributed by atoms with Crippen molar-refractivity contribution in [3.05, 3.63) is 59.2 Å². The van der Waals surface area contributed by atoms with Crippen molar-refractivity contribution < 1.29 is 9.53 Å². The van der Waals surface area contributed by atoms with Gasteiger partial charge in [-0.3, -0.25) is 10.1 Å². The molecular weight excluding hydrogens is 332 g/mol. The van der Waals surface area contributed by atoms with E-state index in [1.54, 1.807) is 12.1 Å². The molecule has 2 N–H and O–H groups in total. The van der Waals surface area contributed by atoms with Gasteiger partial charge in [-0.15, -0.1) is 0 Å². The molecule has 5 heteroatoms. The highest BCUT2D eigenvalue weighted by molar-refractivity contribution is 7.80. The van der Waals surface area contributed by atoms with E-state index in [1.807, 2.05) is 44.2 Å². The first-order valence-electron chi connectivity index (χ1n) is 8.43. The molecular formula is C20H24N2O2S. The summed E-state index contributed by atoms with van der Waals surface area (Å²) in [6.07, 6.45) is 1.99. The summed E-state index contributed by atoms with van der Waals surface area (Å²) in [5, 5.41) is 6.07. The number of carbonyl (C=O) groups is 1. The van der Waals surface area contributed by atoms with Crippen LogP contribution in [0.25, 0.3) is 0 Å². The predicted octanol–water partition coefficient (Wildman–Crippen LogP) is 4.61. The molecule has 0 spiro atoms. The topological polar surface area (TPSA) is 50.4 Å². The fourth-order valence-electron chi connectivity index (χ4n) is 2.32. The Morgan fingerprint density at radius 1 is 1.12 bits per heavy atom. The first-order valence-corrected chi connectivity index (χ1v) is 8.84. The van der Waals surface area contributed by atoms with Gasteiger partial charge in [-0.2, -0.15) is 0 Å². The molecule has 0 bridgehead atoms. The molecule has 0 saturated heterocycles. The fraction of sp³-hybridized carbons (Fsp3) is 0.300. The summed E-state index contributed by atoms with van der Waals surface area (Å²) < 4.78 is 5.71. The summed E-state index contributed by atoms with van der Waals surface area (Å²) in [7, 11) is 0. The lowest BCUT2D eigenvalue weighted by Crippen LogP contribution is -2.34. The third-order valence-electron chi connectivity index (χ3n) is 3.97. The number of unbranched alkanes of at least 4 members (excludes halogenated alkanes) is 1. The van der Waals surface area contributed by atoms with E-state index in [0.717, 1.165) is 29.7 Å². The second-order valence-corrected chi connectivity index (χ2v) is 6.26. The van der Waals surface area contributed by atoms with Crippen LogP contribution in [0.2, 0.25) is 0 Å². The summed E-state index contributed by atoms with van der Waals surface area (Å²) in [5.41, 5.74) is 3.62. The number of hydrogen-bond donors (Lipinski definition) is 2. The Labute approximate surface area is 154 Å². The highest BCUT2D eigenvalue weighted by Crippen LogP contribution is 2.19. The lowest BCUT2D eigenvalue weighted by molar-refractivity contribution is 0.0973. The van der Waals surface area contributed by atoms with Crippen molar-refractivity contribution in [1.29, 1.82) is 0 Å². The van der Waals surface area contributed by atoms with Crippen LogP contribution < -0.4 is 15.4 Å². The van der Waals surface area contributed by atoms with Crippen LogP contribution in [0.1, 0.15) is 41.3 Å². The second kappa shape index (κ2) is 9.18. The summed E-state index contributed by atoms with van der Waals surface area (Å²) in [6.45, 7) is 6.73. The first kappa shape index (κ1) is 18.9. The Kier molecular flexibility index (Phi) is 6.95. The molecule has 4 nitrogen and oxygen atoms in total. The first-order chi connectivity index (χ1) is 12.0. The van der Waals surface area contributed by atoms with E-state index in [0.29, 0.717) is 17.9 Å². The van der Waals surface area contributed by atoms with Crippen molar-refractivity contribution >= 4 is 28.9 Å². The van der Waals surface area contributed by atoms with E-state index in [4.69, 9.17) is 17.0 Å². The minimum atomic E-state index is -0.282. The van der Waals surface area contributed by atoms with Crippen LogP contribution >= 0.6 is 12.2 Å². The summed E-state index contributed by atoms with van der Waals surface area (Å²) in [6, 6.07) is 13.1. The quantitative estimate of drug-likeness (QED) is 0.586. The minimum absolute atomic E-state index is 0.266. The number of hydrogen-bond acceptors (Lipinski definition) is 3. The lowest BCUT2D eigenvalue weighted by atomic mass is 10.1. The molecule has 0 saturated carbocycles. The molecule has 1 amide bonds. The molecule has 0 aliphatic rings. The predicted molar refractivity (Wildman–Crippen MR) is 106 cm³/mol. The smallest absolute Gasteiger partial charge is 0.261 e. The molecule has 0 fully saturated rings. The molecule has 2 aromatic carbocycles. The average Bonchev–Trinajstić information content (AvgIpc) is 2.59. The monoisotopic (exact) mass is 356 g/mol. The van der Waals surface area contributed by atoms with E-state index in [1.165, 1.54) is 0 Å². The maximum Gasteiger partial charge on any atom is 0.261 e. The van der Waals surface area contributed by atoms with Gasteiger partial charge >= 0.3 is 0 Å². The van der Waals surface area contributed by atoms with Crippen LogP contribution in [0.3, 0.4) is 0 Å². The van der Waals surface area contributed by atoms with Crippen LogP contribution in [0.5, 0.6) is 5.75 Å². The van der Waals surface area contributed by atoms with Crippen LogP contribution in [0.4, 0.5) is 5.69 Å². The number of nitrogens with one attached hydrogen (secondary N) is 2. The van der Waals surface area contributed by atoms with Crippen LogP contribution in [0.15, 0.2) is 42.5 Å². The highest BCUT2D eigenvalue weighted by atomic mass is 32.1. The summed E-state index contributed by atoms with van der Waals surface area (Å²) in [5.74, 6) is 0.290. The molecule has 0 heterocycles. The number of benzene rings is 2. The van der Waals surface area contributed by atoms with Crippen LogP contribution in [0, 0.1) is 13.8 Å². The number of rotatable bonds is 6. The van der Waals surface area contributed by atoms with Crippen molar-refractivity contribution in [2.24, 2.45) is 0 Å². The Morgan fingerprint density at radius 2 is 1.88 bits per heavy atom. The molecule has 0 radical (unpaired) electrons. The SMILES string of the molecule is CCCCOc1ccccc1C(=O)NC(=S)Nc1cccc(C)c1C. The molecule has 0 atom stereocenters. The normalized spacial score (nSPS) is 10.2. The minimum Gasteiger partial charge on any atom is -0.493 e. The number of amides is 1. The maximum absolute atomic E-state index is 12.5. The average molecular weight is 356 g/mol. The number of anilines is 1. The van der Waals surface area contributed by atoms with Gasteiger partial charge in [-0.05, 0) is 61.8 Å². The van der Waals surface area contributed by atoms with Gasteiger partial charge in [0.05, 0.1) is 12.2 Å². The fourth-order valence-corrected chi connectivity index (χ4v) is 2.52. The maximum atomic E-state index is 12.5. The Bertz CT molecular complexity index is 759. The van der Waals surface area contributed by atoms with Gasteiger partial charge in [-0.25, -0.2) is 0 Å². The third kappa shape index (κ3) is 5.29. The van der Waals surface area contributed by atoms with Gasteiger partial charge in [-0.1, -0.05) is 37.6 Å². The van der Waals surface area contributed by atoms with Crippen molar-refractivity contribution in [3.8, 4) is 5.75 Å². The largest absolute Gasteiger partial charge is 0.493 e. The van der Waals surface area contributed by atoms with E-state index in [-0.39, 0.29) is 11.0 Å². The molecule has 0 unspecified atom stereocenters. The molecule has 0 aromatic heterocycles. The van der Waals surface area contributed by atoms with Crippen LogP contribution in [-0.2, 0) is 0 Å². The molecule has 0 aliphatic carbocycles. The number of ether oxygens (including phenoxy) is 1. The molecule has 25 heavy (non-hydrogen) atoms. The number of para-hydroxylation sites is 1. The van der Waals surface area contributed by atoms with Gasteiger partial charge in [0, 0.05) is 5.69 Å².